The third kappa shape index (κ3) is 3.97. The lowest BCUT2D eigenvalue weighted by atomic mass is 10.1. The van der Waals surface area contributed by atoms with Crippen molar-refractivity contribution >= 4 is 17.3 Å². The summed E-state index contributed by atoms with van der Waals surface area (Å²) in [7, 11) is 0. The number of rotatable bonds is 6. The fourth-order valence-corrected chi connectivity index (χ4v) is 2.46. The predicted molar refractivity (Wildman–Crippen MR) is 96.5 cm³/mol. The molecule has 9 nitrogen and oxygen atoms in total. The molecular weight excluding hydrogens is 354 g/mol. The van der Waals surface area contributed by atoms with E-state index in [9.17, 15) is 14.9 Å². The zero-order valence-electron chi connectivity index (χ0n) is 14.7. The van der Waals surface area contributed by atoms with Crippen molar-refractivity contribution in [2.45, 2.75) is 13.8 Å². The summed E-state index contributed by atoms with van der Waals surface area (Å²) in [5.41, 5.74) is 3.53. The Kier molecular flexibility index (Phi) is 5.20. The second-order valence-corrected chi connectivity index (χ2v) is 5.58. The molecule has 140 valence electrons. The van der Waals surface area contributed by atoms with Crippen LogP contribution in [0.4, 0.5) is 5.69 Å². The maximum absolute atomic E-state index is 12.3. The van der Waals surface area contributed by atoms with Gasteiger partial charge in [0.15, 0.2) is 17.2 Å². The number of nitrogens with zero attached hydrogens (tertiary/aromatic N) is 2. The van der Waals surface area contributed by atoms with Gasteiger partial charge in [-0.1, -0.05) is 0 Å². The third-order valence-corrected chi connectivity index (χ3v) is 3.83. The number of amides is 1. The molecule has 0 saturated heterocycles. The zero-order valence-corrected chi connectivity index (χ0v) is 14.7. The van der Waals surface area contributed by atoms with Crippen molar-refractivity contribution in [1.29, 1.82) is 0 Å². The Balaban J connectivity index is 1.76. The Labute approximate surface area is 154 Å². The Morgan fingerprint density at radius 3 is 2.70 bits per heavy atom. The minimum absolute atomic E-state index is 0.119. The van der Waals surface area contributed by atoms with Crippen molar-refractivity contribution in [1.82, 2.24) is 5.43 Å². The van der Waals surface area contributed by atoms with Gasteiger partial charge in [0, 0.05) is 17.2 Å². The summed E-state index contributed by atoms with van der Waals surface area (Å²) in [6, 6.07) is 9.30. The molecule has 1 N–H and O–H groups in total. The lowest BCUT2D eigenvalue weighted by Gasteiger charge is -2.07. The molecule has 0 radical (unpaired) electrons. The Morgan fingerprint density at radius 2 is 1.96 bits per heavy atom. The van der Waals surface area contributed by atoms with E-state index in [1.54, 1.807) is 38.1 Å². The van der Waals surface area contributed by atoms with Gasteiger partial charge in [-0.2, -0.15) is 5.10 Å². The number of hydrazone groups is 1. The highest BCUT2D eigenvalue weighted by molar-refractivity contribution is 6.01. The maximum atomic E-state index is 12.3. The molecule has 3 rings (SSSR count). The molecule has 9 heteroatoms. The number of nitro benzene ring substituents is 1. The van der Waals surface area contributed by atoms with Crippen molar-refractivity contribution in [2.75, 3.05) is 13.4 Å². The van der Waals surface area contributed by atoms with Crippen molar-refractivity contribution in [3.8, 4) is 17.2 Å². The predicted octanol–water partition coefficient (Wildman–Crippen LogP) is 2.88. The topological polar surface area (TPSA) is 112 Å². The first-order valence-corrected chi connectivity index (χ1v) is 8.15. The average molecular weight is 371 g/mol. The molecule has 2 aromatic rings. The number of nitrogens with one attached hydrogen (secondary N) is 1. The summed E-state index contributed by atoms with van der Waals surface area (Å²) in [4.78, 5) is 22.9. The monoisotopic (exact) mass is 371 g/mol. The number of carbonyl (C=O) groups excluding carboxylic acids is 1. The van der Waals surface area contributed by atoms with Gasteiger partial charge in [0.05, 0.1) is 17.2 Å². The summed E-state index contributed by atoms with van der Waals surface area (Å²) in [6.07, 6.45) is 0. The Hall–Kier alpha value is -3.62. The van der Waals surface area contributed by atoms with Crippen LogP contribution in [0.5, 0.6) is 17.2 Å². The number of ether oxygens (including phenoxy) is 3. The number of nitro groups is 1. The maximum Gasteiger partial charge on any atom is 0.311 e. The van der Waals surface area contributed by atoms with Crippen molar-refractivity contribution in [3.05, 3.63) is 57.6 Å². The van der Waals surface area contributed by atoms with Crippen LogP contribution >= 0.6 is 0 Å². The Bertz CT molecular complexity index is 925. The molecule has 1 aliphatic rings. The summed E-state index contributed by atoms with van der Waals surface area (Å²) in [6.45, 7) is 3.82. The van der Waals surface area contributed by atoms with E-state index in [0.29, 0.717) is 34.9 Å². The van der Waals surface area contributed by atoms with Crippen LogP contribution in [0.25, 0.3) is 0 Å². The third-order valence-electron chi connectivity index (χ3n) is 3.83. The van der Waals surface area contributed by atoms with Gasteiger partial charge in [0.2, 0.25) is 6.79 Å². The van der Waals surface area contributed by atoms with E-state index < -0.39 is 10.8 Å². The van der Waals surface area contributed by atoms with Gasteiger partial charge in [-0.25, -0.2) is 5.43 Å². The molecule has 2 aromatic carbocycles. The van der Waals surface area contributed by atoms with Gasteiger partial charge in [-0.3, -0.25) is 14.9 Å². The lowest BCUT2D eigenvalue weighted by molar-refractivity contribution is -0.385. The molecule has 1 amide bonds. The molecule has 0 bridgehead atoms. The highest BCUT2D eigenvalue weighted by Gasteiger charge is 2.18. The van der Waals surface area contributed by atoms with Crippen molar-refractivity contribution < 1.29 is 23.9 Å². The number of fused-ring (bicyclic) bond motifs is 1. The SMILES string of the molecule is CCOc1ccc(/C(C)=N\NC(=O)c2ccc3c(c2)OCO3)cc1[N+](=O)[O-]. The van der Waals surface area contributed by atoms with Gasteiger partial charge >= 0.3 is 5.69 Å². The molecule has 0 saturated carbocycles. The highest BCUT2D eigenvalue weighted by Crippen LogP contribution is 2.32. The fourth-order valence-electron chi connectivity index (χ4n) is 2.46. The average Bonchev–Trinajstić information content (AvgIpc) is 3.14. The molecule has 1 aliphatic heterocycles. The Morgan fingerprint density at radius 1 is 1.22 bits per heavy atom. The van der Waals surface area contributed by atoms with Gasteiger partial charge in [0.1, 0.15) is 0 Å². The molecular formula is C18H17N3O6. The van der Waals surface area contributed by atoms with Crippen LogP contribution in [0.1, 0.15) is 29.8 Å². The summed E-state index contributed by atoms with van der Waals surface area (Å²) >= 11 is 0. The van der Waals surface area contributed by atoms with E-state index >= 15 is 0 Å². The van der Waals surface area contributed by atoms with Crippen molar-refractivity contribution in [2.24, 2.45) is 5.10 Å². The summed E-state index contributed by atoms with van der Waals surface area (Å²) < 4.78 is 15.7. The molecule has 0 aromatic heterocycles. The van der Waals surface area contributed by atoms with Crippen LogP contribution in [-0.2, 0) is 0 Å². The van der Waals surface area contributed by atoms with E-state index in [2.05, 4.69) is 10.5 Å². The first kappa shape index (κ1) is 18.2. The van der Waals surface area contributed by atoms with Gasteiger partial charge < -0.3 is 14.2 Å². The van der Waals surface area contributed by atoms with E-state index in [4.69, 9.17) is 14.2 Å². The van der Waals surface area contributed by atoms with Crippen LogP contribution in [0.15, 0.2) is 41.5 Å². The molecule has 0 aliphatic carbocycles. The van der Waals surface area contributed by atoms with Crippen molar-refractivity contribution in [3.63, 3.8) is 0 Å². The lowest BCUT2D eigenvalue weighted by Crippen LogP contribution is -2.19. The van der Waals surface area contributed by atoms with Crippen LogP contribution in [-0.4, -0.2) is 29.9 Å². The van der Waals surface area contributed by atoms with E-state index in [0.717, 1.165) is 0 Å². The van der Waals surface area contributed by atoms with Crippen LogP contribution in [0, 0.1) is 10.1 Å². The largest absolute Gasteiger partial charge is 0.487 e. The number of hydrogen-bond acceptors (Lipinski definition) is 7. The molecule has 0 unspecified atom stereocenters. The molecule has 27 heavy (non-hydrogen) atoms. The van der Waals surface area contributed by atoms with E-state index in [-0.39, 0.29) is 18.2 Å². The molecule has 0 fully saturated rings. The number of benzene rings is 2. The first-order valence-electron chi connectivity index (χ1n) is 8.15. The number of hydrogen-bond donors (Lipinski definition) is 1. The van der Waals surface area contributed by atoms with E-state index in [1.165, 1.54) is 12.1 Å². The highest BCUT2D eigenvalue weighted by atomic mass is 16.7. The number of carbonyl (C=O) groups is 1. The van der Waals surface area contributed by atoms with Gasteiger partial charge in [-0.05, 0) is 44.2 Å². The normalized spacial score (nSPS) is 12.6. The molecule has 0 spiro atoms. The second kappa shape index (κ2) is 7.73. The molecule has 0 atom stereocenters. The van der Waals surface area contributed by atoms with E-state index in [1.807, 2.05) is 0 Å². The van der Waals surface area contributed by atoms with Crippen LogP contribution in [0.2, 0.25) is 0 Å². The van der Waals surface area contributed by atoms with Gasteiger partial charge in [-0.15, -0.1) is 0 Å². The minimum atomic E-state index is -0.521. The smallest absolute Gasteiger partial charge is 0.311 e. The van der Waals surface area contributed by atoms with Crippen LogP contribution in [0.3, 0.4) is 0 Å². The summed E-state index contributed by atoms with van der Waals surface area (Å²) in [5, 5.41) is 15.2. The van der Waals surface area contributed by atoms with Gasteiger partial charge in [0.25, 0.3) is 5.91 Å². The minimum Gasteiger partial charge on any atom is -0.487 e. The zero-order chi connectivity index (χ0) is 19.4. The summed E-state index contributed by atoms with van der Waals surface area (Å²) in [5.74, 6) is 0.815. The standard InChI is InChI=1S/C18H17N3O6/c1-3-25-15-6-4-12(8-14(15)21(23)24)11(2)19-20-18(22)13-5-7-16-17(9-13)27-10-26-16/h4-9H,3,10H2,1-2H3,(H,20,22)/b19-11-. The fraction of sp³-hybridized carbons (Fsp3) is 0.222. The van der Waals surface area contributed by atoms with Crippen LogP contribution < -0.4 is 19.6 Å². The quantitative estimate of drug-likeness (QED) is 0.475. The molecule has 1 heterocycles. The second-order valence-electron chi connectivity index (χ2n) is 5.58. The first-order chi connectivity index (χ1) is 13.0.